The topological polar surface area (TPSA) is 38.8 Å². The highest BCUT2D eigenvalue weighted by atomic mass is 19.4. The molecule has 22 heavy (non-hydrogen) atoms. The Balaban J connectivity index is 2.25. The smallest absolute Gasteiger partial charge is 0.471 e. The molecule has 0 aromatic heterocycles. The first-order valence-corrected chi connectivity index (χ1v) is 6.86. The van der Waals surface area contributed by atoms with Gasteiger partial charge in [-0.1, -0.05) is 0 Å². The molecule has 1 aromatic carbocycles. The van der Waals surface area contributed by atoms with Gasteiger partial charge in [-0.05, 0) is 31.0 Å². The van der Waals surface area contributed by atoms with E-state index in [2.05, 4.69) is 0 Å². The third kappa shape index (κ3) is 3.13. The molecular weight excluding hydrogens is 299 g/mol. The fraction of sp³-hybridized carbons (Fsp3) is 0.533. The second-order valence-corrected chi connectivity index (χ2v) is 5.30. The molecule has 0 aliphatic carbocycles. The van der Waals surface area contributed by atoms with Crippen LogP contribution < -0.4 is 9.47 Å². The number of hydrogen-bond donors (Lipinski definition) is 0. The predicted octanol–water partition coefficient (Wildman–Crippen LogP) is 2.89. The minimum Gasteiger partial charge on any atom is -0.496 e. The molecule has 7 heteroatoms. The molecule has 122 valence electrons. The van der Waals surface area contributed by atoms with E-state index in [0.29, 0.717) is 17.9 Å². The standard InChI is InChI=1S/C15H18F3NO3/c1-9-6-13(22-3)11(7-12(9)21-2)10-4-5-19(8-10)14(20)15(16,17)18/h6-7,10H,4-5,8H2,1-3H3/t10-/m1/s1. The second-order valence-electron chi connectivity index (χ2n) is 5.30. The molecule has 0 unspecified atom stereocenters. The number of carbonyl (C=O) groups is 1. The summed E-state index contributed by atoms with van der Waals surface area (Å²) in [5.74, 6) is -0.732. The van der Waals surface area contributed by atoms with Crippen LogP contribution in [0.5, 0.6) is 11.5 Å². The molecule has 4 nitrogen and oxygen atoms in total. The van der Waals surface area contributed by atoms with Crippen molar-refractivity contribution in [2.24, 2.45) is 0 Å². The van der Waals surface area contributed by atoms with Crippen LogP contribution in [-0.2, 0) is 4.79 Å². The van der Waals surface area contributed by atoms with Gasteiger partial charge in [0.15, 0.2) is 0 Å². The van der Waals surface area contributed by atoms with E-state index in [0.717, 1.165) is 16.0 Å². The highest BCUT2D eigenvalue weighted by Gasteiger charge is 2.45. The lowest BCUT2D eigenvalue weighted by Crippen LogP contribution is -2.39. The van der Waals surface area contributed by atoms with Crippen LogP contribution in [0.15, 0.2) is 12.1 Å². The molecule has 0 radical (unpaired) electrons. The number of rotatable bonds is 3. The SMILES string of the molecule is COc1cc([C@@H]2CCN(C(=O)C(F)(F)F)C2)c(OC)cc1C. The molecule has 1 saturated heterocycles. The van der Waals surface area contributed by atoms with Crippen LogP contribution in [0.3, 0.4) is 0 Å². The molecule has 1 aromatic rings. The van der Waals surface area contributed by atoms with Gasteiger partial charge in [0.25, 0.3) is 0 Å². The zero-order chi connectivity index (χ0) is 16.5. The van der Waals surface area contributed by atoms with Gasteiger partial charge in [0.2, 0.25) is 0 Å². The van der Waals surface area contributed by atoms with Gasteiger partial charge in [-0.25, -0.2) is 0 Å². The Morgan fingerprint density at radius 2 is 1.86 bits per heavy atom. The van der Waals surface area contributed by atoms with E-state index in [1.54, 1.807) is 12.1 Å². The minimum absolute atomic E-state index is 0.0287. The number of aryl methyl sites for hydroxylation is 1. The highest BCUT2D eigenvalue weighted by molar-refractivity contribution is 5.82. The van der Waals surface area contributed by atoms with Gasteiger partial charge in [-0.3, -0.25) is 4.79 Å². The third-order valence-electron chi connectivity index (χ3n) is 3.90. The number of hydrogen-bond acceptors (Lipinski definition) is 3. The lowest BCUT2D eigenvalue weighted by Gasteiger charge is -2.20. The Morgan fingerprint density at radius 1 is 1.23 bits per heavy atom. The third-order valence-corrected chi connectivity index (χ3v) is 3.90. The van der Waals surface area contributed by atoms with Crippen molar-refractivity contribution < 1.29 is 27.4 Å². The Labute approximate surface area is 126 Å². The maximum Gasteiger partial charge on any atom is 0.471 e. The molecule has 1 aliphatic heterocycles. The van der Waals surface area contributed by atoms with E-state index >= 15 is 0 Å². The largest absolute Gasteiger partial charge is 0.496 e. The normalized spacial score (nSPS) is 18.5. The predicted molar refractivity (Wildman–Crippen MR) is 74.3 cm³/mol. The van der Waals surface area contributed by atoms with E-state index in [1.165, 1.54) is 14.2 Å². The molecule has 0 bridgehead atoms. The van der Waals surface area contributed by atoms with Gasteiger partial charge in [-0.15, -0.1) is 0 Å². The van der Waals surface area contributed by atoms with E-state index in [9.17, 15) is 18.0 Å². The van der Waals surface area contributed by atoms with E-state index in [4.69, 9.17) is 9.47 Å². The Hall–Kier alpha value is -1.92. The highest BCUT2D eigenvalue weighted by Crippen LogP contribution is 2.38. The molecule has 0 N–H and O–H groups in total. The van der Waals surface area contributed by atoms with Crippen molar-refractivity contribution in [3.8, 4) is 11.5 Å². The fourth-order valence-corrected chi connectivity index (χ4v) is 2.77. The second kappa shape index (κ2) is 6.06. The Bertz CT molecular complexity index is 572. The summed E-state index contributed by atoms with van der Waals surface area (Å²) in [5.41, 5.74) is 1.65. The first-order chi connectivity index (χ1) is 10.3. The zero-order valence-electron chi connectivity index (χ0n) is 12.7. The van der Waals surface area contributed by atoms with Gasteiger partial charge in [0.1, 0.15) is 11.5 Å². The maximum absolute atomic E-state index is 12.5. The molecule has 1 atom stereocenters. The lowest BCUT2D eigenvalue weighted by molar-refractivity contribution is -0.184. The van der Waals surface area contributed by atoms with Crippen molar-refractivity contribution >= 4 is 5.91 Å². The number of nitrogens with zero attached hydrogens (tertiary/aromatic N) is 1. The number of carbonyl (C=O) groups excluding carboxylic acids is 1. The Morgan fingerprint density at radius 3 is 2.41 bits per heavy atom. The number of amides is 1. The maximum atomic E-state index is 12.5. The summed E-state index contributed by atoms with van der Waals surface area (Å²) in [7, 11) is 3.05. The van der Waals surface area contributed by atoms with Crippen LogP contribution in [0.1, 0.15) is 23.5 Å². The molecule has 1 fully saturated rings. The van der Waals surface area contributed by atoms with Crippen LogP contribution in [0.4, 0.5) is 13.2 Å². The fourth-order valence-electron chi connectivity index (χ4n) is 2.77. The molecule has 2 rings (SSSR count). The van der Waals surface area contributed by atoms with Gasteiger partial charge >= 0.3 is 12.1 Å². The minimum atomic E-state index is -4.83. The molecule has 0 spiro atoms. The molecule has 1 amide bonds. The number of halogens is 3. The number of alkyl halides is 3. The number of ether oxygens (including phenoxy) is 2. The van der Waals surface area contributed by atoms with Crippen molar-refractivity contribution in [2.75, 3.05) is 27.3 Å². The van der Waals surface area contributed by atoms with Crippen LogP contribution in [0, 0.1) is 6.92 Å². The van der Waals surface area contributed by atoms with Crippen LogP contribution in [-0.4, -0.2) is 44.3 Å². The molecule has 0 saturated carbocycles. The van der Waals surface area contributed by atoms with Crippen LogP contribution >= 0.6 is 0 Å². The Kier molecular flexibility index (Phi) is 4.53. The van der Waals surface area contributed by atoms with Gasteiger partial charge in [0, 0.05) is 24.6 Å². The number of likely N-dealkylation sites (tertiary alicyclic amines) is 1. The van der Waals surface area contributed by atoms with E-state index < -0.39 is 12.1 Å². The van der Waals surface area contributed by atoms with Crippen molar-refractivity contribution in [2.45, 2.75) is 25.4 Å². The lowest BCUT2D eigenvalue weighted by atomic mass is 9.95. The van der Waals surface area contributed by atoms with Crippen molar-refractivity contribution in [3.63, 3.8) is 0 Å². The zero-order valence-corrected chi connectivity index (χ0v) is 12.7. The summed E-state index contributed by atoms with van der Waals surface area (Å²) < 4.78 is 48.1. The number of benzene rings is 1. The first-order valence-electron chi connectivity index (χ1n) is 6.86. The van der Waals surface area contributed by atoms with Crippen LogP contribution in [0.25, 0.3) is 0 Å². The van der Waals surface area contributed by atoms with E-state index in [-0.39, 0.29) is 19.0 Å². The average molecular weight is 317 g/mol. The average Bonchev–Trinajstić information content (AvgIpc) is 2.94. The molecule has 1 aliphatic rings. The summed E-state index contributed by atoms with van der Waals surface area (Å²) in [6, 6.07) is 3.57. The molecule has 1 heterocycles. The number of methoxy groups -OCH3 is 2. The first kappa shape index (κ1) is 16.5. The van der Waals surface area contributed by atoms with Crippen molar-refractivity contribution in [1.82, 2.24) is 4.90 Å². The summed E-state index contributed by atoms with van der Waals surface area (Å²) in [4.78, 5) is 12.2. The van der Waals surface area contributed by atoms with Gasteiger partial charge < -0.3 is 14.4 Å². The van der Waals surface area contributed by atoms with Crippen molar-refractivity contribution in [1.29, 1.82) is 0 Å². The van der Waals surface area contributed by atoms with Gasteiger partial charge in [0.05, 0.1) is 14.2 Å². The monoisotopic (exact) mass is 317 g/mol. The molecular formula is C15H18F3NO3. The summed E-state index contributed by atoms with van der Waals surface area (Å²) in [6.07, 6.45) is -4.37. The van der Waals surface area contributed by atoms with Crippen molar-refractivity contribution in [3.05, 3.63) is 23.3 Å². The summed E-state index contributed by atoms with van der Waals surface area (Å²) >= 11 is 0. The van der Waals surface area contributed by atoms with Crippen LogP contribution in [0.2, 0.25) is 0 Å². The quantitative estimate of drug-likeness (QED) is 0.860. The van der Waals surface area contributed by atoms with E-state index in [1.807, 2.05) is 6.92 Å². The summed E-state index contributed by atoms with van der Waals surface area (Å²) in [5, 5.41) is 0. The summed E-state index contributed by atoms with van der Waals surface area (Å²) in [6.45, 7) is 1.97. The van der Waals surface area contributed by atoms with Gasteiger partial charge in [-0.2, -0.15) is 13.2 Å².